The third-order valence-electron chi connectivity index (χ3n) is 3.60. The lowest BCUT2D eigenvalue weighted by molar-refractivity contribution is 0.0730. The number of Topliss-reactive ketones (excluding diaryl/α,β-unsaturated/α-hetero) is 1. The number of methoxy groups -OCH3 is 1. The molecular weight excluding hydrogens is 233 g/mol. The summed E-state index contributed by atoms with van der Waals surface area (Å²) < 4.78 is 18.8. The molecule has 0 aliphatic carbocycles. The van der Waals surface area contributed by atoms with Crippen molar-refractivity contribution >= 4 is 5.78 Å². The molecule has 3 nitrogen and oxygen atoms in total. The van der Waals surface area contributed by atoms with Gasteiger partial charge in [-0.25, -0.2) is 4.39 Å². The fourth-order valence-electron chi connectivity index (χ4n) is 1.44. The van der Waals surface area contributed by atoms with Crippen LogP contribution in [0.4, 0.5) is 4.39 Å². The zero-order valence-electron chi connectivity index (χ0n) is 11.5. The second kappa shape index (κ2) is 4.69. The highest BCUT2D eigenvalue weighted by molar-refractivity contribution is 6.01. The fourth-order valence-corrected chi connectivity index (χ4v) is 1.44. The van der Waals surface area contributed by atoms with Crippen molar-refractivity contribution < 1.29 is 13.9 Å². The van der Waals surface area contributed by atoms with Crippen molar-refractivity contribution in [3.05, 3.63) is 29.6 Å². The maximum absolute atomic E-state index is 13.9. The highest BCUT2D eigenvalue weighted by Gasteiger charge is 2.41. The molecule has 0 unspecified atom stereocenters. The topological polar surface area (TPSA) is 52.3 Å². The minimum Gasteiger partial charge on any atom is -0.497 e. The van der Waals surface area contributed by atoms with Crippen LogP contribution in [0.15, 0.2) is 18.2 Å². The van der Waals surface area contributed by atoms with E-state index in [1.54, 1.807) is 33.8 Å². The smallest absolute Gasteiger partial charge is 0.173 e. The molecule has 0 aliphatic heterocycles. The number of nitrogens with two attached hydrogens (primary N) is 1. The number of hydrogen-bond acceptors (Lipinski definition) is 3. The normalized spacial score (nSPS) is 12.4. The first kappa shape index (κ1) is 14.6. The number of hydrogen-bond donors (Lipinski definition) is 1. The molecule has 0 heterocycles. The summed E-state index contributed by atoms with van der Waals surface area (Å²) in [6.07, 6.45) is 0. The van der Waals surface area contributed by atoms with E-state index in [2.05, 4.69) is 0 Å². The molecule has 1 aromatic rings. The summed E-state index contributed by atoms with van der Waals surface area (Å²) in [6.45, 7) is 6.96. The minimum atomic E-state index is -0.859. The summed E-state index contributed by atoms with van der Waals surface area (Å²) in [6, 6.07) is 4.20. The molecular formula is C14H20FNO2. The molecule has 1 aromatic carbocycles. The molecule has 1 rings (SSSR count). The monoisotopic (exact) mass is 253 g/mol. The number of carbonyl (C=O) groups is 1. The number of rotatable bonds is 4. The van der Waals surface area contributed by atoms with Crippen molar-refractivity contribution in [2.24, 2.45) is 11.1 Å². The van der Waals surface area contributed by atoms with Crippen molar-refractivity contribution in [3.63, 3.8) is 0 Å². The summed E-state index contributed by atoms with van der Waals surface area (Å²) >= 11 is 0. The van der Waals surface area contributed by atoms with Gasteiger partial charge in [-0.15, -0.1) is 0 Å². The predicted octanol–water partition coefficient (Wildman–Crippen LogP) is 2.78. The van der Waals surface area contributed by atoms with Crippen LogP contribution in [0.3, 0.4) is 0 Å². The Bertz CT molecular complexity index is 461. The standard InChI is InChI=1S/C14H20FNO2/c1-13(2,14(3,4)16)12(17)10-7-6-9(18-5)8-11(10)15/h6-8H,16H2,1-5H3. The molecule has 0 amide bonds. The first-order chi connectivity index (χ1) is 8.11. The van der Waals surface area contributed by atoms with Crippen LogP contribution in [-0.4, -0.2) is 18.4 Å². The van der Waals surface area contributed by atoms with Gasteiger partial charge in [0.25, 0.3) is 0 Å². The maximum atomic E-state index is 13.9. The van der Waals surface area contributed by atoms with Crippen molar-refractivity contribution in [1.29, 1.82) is 0 Å². The van der Waals surface area contributed by atoms with E-state index in [0.29, 0.717) is 5.75 Å². The van der Waals surface area contributed by atoms with Crippen molar-refractivity contribution in [3.8, 4) is 5.75 Å². The van der Waals surface area contributed by atoms with Crippen molar-refractivity contribution in [2.45, 2.75) is 33.2 Å². The molecule has 0 atom stereocenters. The molecule has 0 bridgehead atoms. The van der Waals surface area contributed by atoms with Crippen LogP contribution >= 0.6 is 0 Å². The van der Waals surface area contributed by atoms with Gasteiger partial charge in [-0.2, -0.15) is 0 Å². The molecule has 100 valence electrons. The first-order valence-corrected chi connectivity index (χ1v) is 5.78. The van der Waals surface area contributed by atoms with E-state index in [0.717, 1.165) is 0 Å². The average molecular weight is 253 g/mol. The summed E-state index contributed by atoms with van der Waals surface area (Å²) in [5.41, 5.74) is 4.43. The third kappa shape index (κ3) is 2.53. The quantitative estimate of drug-likeness (QED) is 0.839. The number of ketones is 1. The zero-order valence-corrected chi connectivity index (χ0v) is 11.5. The number of halogens is 1. The van der Waals surface area contributed by atoms with Crippen molar-refractivity contribution in [1.82, 2.24) is 0 Å². The van der Waals surface area contributed by atoms with Gasteiger partial charge in [0.05, 0.1) is 12.7 Å². The molecule has 0 radical (unpaired) electrons. The van der Waals surface area contributed by atoms with Gasteiger partial charge in [-0.1, -0.05) is 13.8 Å². The van der Waals surface area contributed by atoms with Gasteiger partial charge in [-0.3, -0.25) is 4.79 Å². The van der Waals surface area contributed by atoms with Crippen molar-refractivity contribution in [2.75, 3.05) is 7.11 Å². The van der Waals surface area contributed by atoms with Crippen LogP contribution in [0.2, 0.25) is 0 Å². The molecule has 0 aliphatic rings. The molecule has 0 fully saturated rings. The van der Waals surface area contributed by atoms with Gasteiger partial charge >= 0.3 is 0 Å². The Balaban J connectivity index is 3.20. The largest absolute Gasteiger partial charge is 0.497 e. The van der Waals surface area contributed by atoms with Gasteiger partial charge in [-0.05, 0) is 26.0 Å². The Labute approximate surface area is 107 Å². The summed E-state index contributed by atoms with van der Waals surface area (Å²) in [5.74, 6) is -0.513. The van der Waals surface area contributed by atoms with E-state index in [-0.39, 0.29) is 11.3 Å². The molecule has 4 heteroatoms. The lowest BCUT2D eigenvalue weighted by Gasteiger charge is -2.37. The van der Waals surface area contributed by atoms with E-state index in [9.17, 15) is 9.18 Å². The van der Waals surface area contributed by atoms with Gasteiger partial charge in [0.15, 0.2) is 5.78 Å². The van der Waals surface area contributed by atoms with Crippen LogP contribution in [0.5, 0.6) is 5.75 Å². The Morgan fingerprint density at radius 3 is 2.22 bits per heavy atom. The number of carbonyl (C=O) groups excluding carboxylic acids is 1. The summed E-state index contributed by atoms with van der Waals surface area (Å²) in [4.78, 5) is 12.4. The van der Waals surface area contributed by atoms with Crippen LogP contribution < -0.4 is 10.5 Å². The first-order valence-electron chi connectivity index (χ1n) is 5.78. The Morgan fingerprint density at radius 2 is 1.83 bits per heavy atom. The molecule has 18 heavy (non-hydrogen) atoms. The summed E-state index contributed by atoms with van der Waals surface area (Å²) in [5, 5.41) is 0. The van der Waals surface area contributed by atoms with Gasteiger partial charge in [0.1, 0.15) is 11.6 Å². The molecule has 0 aromatic heterocycles. The van der Waals surface area contributed by atoms with Crippen LogP contribution in [0.1, 0.15) is 38.1 Å². The maximum Gasteiger partial charge on any atom is 0.173 e. The fraction of sp³-hybridized carbons (Fsp3) is 0.500. The second-order valence-electron chi connectivity index (χ2n) is 5.52. The molecule has 0 spiro atoms. The predicted molar refractivity (Wildman–Crippen MR) is 69.3 cm³/mol. The molecule has 0 saturated heterocycles. The Morgan fingerprint density at radius 1 is 1.28 bits per heavy atom. The Kier molecular flexibility index (Phi) is 3.81. The third-order valence-corrected chi connectivity index (χ3v) is 3.60. The molecule has 2 N–H and O–H groups in total. The van der Waals surface area contributed by atoms with Gasteiger partial charge < -0.3 is 10.5 Å². The van der Waals surface area contributed by atoms with Gasteiger partial charge in [0.2, 0.25) is 0 Å². The lowest BCUT2D eigenvalue weighted by atomic mass is 9.70. The highest BCUT2D eigenvalue weighted by atomic mass is 19.1. The van der Waals surface area contributed by atoms with E-state index in [1.165, 1.54) is 19.2 Å². The van der Waals surface area contributed by atoms with E-state index >= 15 is 0 Å². The van der Waals surface area contributed by atoms with E-state index in [4.69, 9.17) is 10.5 Å². The second-order valence-corrected chi connectivity index (χ2v) is 5.52. The number of ether oxygens (including phenoxy) is 1. The van der Waals surface area contributed by atoms with Crippen LogP contribution in [0.25, 0.3) is 0 Å². The highest BCUT2D eigenvalue weighted by Crippen LogP contribution is 2.33. The Hall–Kier alpha value is -1.42. The molecule has 0 saturated carbocycles. The zero-order chi connectivity index (χ0) is 14.1. The minimum absolute atomic E-state index is 0.0410. The lowest BCUT2D eigenvalue weighted by Crippen LogP contribution is -2.52. The summed E-state index contributed by atoms with van der Waals surface area (Å²) in [7, 11) is 1.45. The van der Waals surface area contributed by atoms with E-state index in [1.807, 2.05) is 0 Å². The number of benzene rings is 1. The SMILES string of the molecule is COc1ccc(C(=O)C(C)(C)C(C)(C)N)c(F)c1. The van der Waals surface area contributed by atoms with Crippen LogP contribution in [-0.2, 0) is 0 Å². The average Bonchev–Trinajstić information content (AvgIpc) is 2.26. The van der Waals surface area contributed by atoms with Gasteiger partial charge in [0, 0.05) is 17.0 Å². The van der Waals surface area contributed by atoms with Crippen LogP contribution in [0, 0.1) is 11.2 Å². The van der Waals surface area contributed by atoms with E-state index < -0.39 is 16.8 Å².